The van der Waals surface area contributed by atoms with Crippen molar-refractivity contribution in [2.45, 2.75) is 25.7 Å². The molecule has 0 aliphatic heterocycles. The lowest BCUT2D eigenvalue weighted by molar-refractivity contribution is 0.886. The van der Waals surface area contributed by atoms with Gasteiger partial charge in [0.1, 0.15) is 0 Å². The highest BCUT2D eigenvalue weighted by atomic mass is 14.4. The van der Waals surface area contributed by atoms with Crippen LogP contribution >= 0.6 is 0 Å². The molecular formula is C5H8N-. The number of hydrogen-bond acceptors (Lipinski definition) is 0. The van der Waals surface area contributed by atoms with Crippen LogP contribution in [0.3, 0.4) is 0 Å². The molecule has 0 aromatic rings. The smallest absolute Gasteiger partial charge is 0.0511 e. The summed E-state index contributed by atoms with van der Waals surface area (Å²) >= 11 is 0. The lowest BCUT2D eigenvalue weighted by Crippen LogP contribution is -1.78. The molecule has 34 valence electrons. The molecule has 0 heterocycles. The second-order valence-electron chi connectivity index (χ2n) is 1.77. The zero-order chi connectivity index (χ0) is 4.41. The van der Waals surface area contributed by atoms with Crippen molar-refractivity contribution in [3.05, 3.63) is 5.41 Å². The van der Waals surface area contributed by atoms with Crippen molar-refractivity contribution in [1.29, 1.82) is 0 Å². The average Bonchev–Trinajstić information content (AvgIpc) is 1.86. The van der Waals surface area contributed by atoms with Crippen molar-refractivity contribution in [3.63, 3.8) is 0 Å². The van der Waals surface area contributed by atoms with Crippen LogP contribution in [0.4, 0.5) is 0 Å². The van der Waals surface area contributed by atoms with Gasteiger partial charge in [0.25, 0.3) is 0 Å². The predicted molar refractivity (Wildman–Crippen MR) is 26.8 cm³/mol. The van der Waals surface area contributed by atoms with Gasteiger partial charge in [0.2, 0.25) is 0 Å². The van der Waals surface area contributed by atoms with Crippen molar-refractivity contribution < 1.29 is 0 Å². The monoisotopic (exact) mass is 82.1 g/mol. The molecule has 6 heavy (non-hydrogen) atoms. The van der Waals surface area contributed by atoms with E-state index in [4.69, 9.17) is 5.41 Å². The van der Waals surface area contributed by atoms with Gasteiger partial charge in [-0.25, -0.2) is 5.71 Å². The fourth-order valence-electron chi connectivity index (χ4n) is 0.783. The Hall–Kier alpha value is -0.330. The Balaban J connectivity index is 2.37. The van der Waals surface area contributed by atoms with Crippen LogP contribution in [0.25, 0.3) is 5.41 Å². The Morgan fingerprint density at radius 1 is 1.17 bits per heavy atom. The van der Waals surface area contributed by atoms with E-state index in [1.165, 1.54) is 12.8 Å². The lowest BCUT2D eigenvalue weighted by atomic mass is 10.3. The van der Waals surface area contributed by atoms with E-state index in [0.717, 1.165) is 12.8 Å². The highest BCUT2D eigenvalue weighted by Crippen LogP contribution is 2.12. The molecule has 0 aromatic carbocycles. The quantitative estimate of drug-likeness (QED) is 0.423. The summed E-state index contributed by atoms with van der Waals surface area (Å²) in [6.45, 7) is 0. The third kappa shape index (κ3) is 0.588. The first kappa shape index (κ1) is 3.85. The molecule has 0 radical (unpaired) electrons. The summed E-state index contributed by atoms with van der Waals surface area (Å²) in [4.78, 5) is 0. The molecule has 0 N–H and O–H groups in total. The van der Waals surface area contributed by atoms with Crippen LogP contribution in [0.15, 0.2) is 0 Å². The molecule has 1 heteroatoms. The summed E-state index contributed by atoms with van der Waals surface area (Å²) in [6.07, 6.45) is 4.32. The summed E-state index contributed by atoms with van der Waals surface area (Å²) in [5, 5.41) is 8.65. The summed E-state index contributed by atoms with van der Waals surface area (Å²) in [5.74, 6) is 0. The molecule has 1 rings (SSSR count). The molecule has 0 spiro atoms. The summed E-state index contributed by atoms with van der Waals surface area (Å²) in [5.41, 5.74) is 0.704. The normalized spacial score (nSPS) is 22.3. The Kier molecular flexibility index (Phi) is 0.906. The van der Waals surface area contributed by atoms with Crippen LogP contribution in [0, 0.1) is 0 Å². The Morgan fingerprint density at radius 3 is 1.83 bits per heavy atom. The highest BCUT2D eigenvalue weighted by molar-refractivity contribution is 5.88. The Morgan fingerprint density at radius 2 is 1.67 bits per heavy atom. The van der Waals surface area contributed by atoms with E-state index < -0.39 is 0 Å². The van der Waals surface area contributed by atoms with E-state index in [0.29, 0.717) is 5.71 Å². The summed E-state index contributed by atoms with van der Waals surface area (Å²) < 4.78 is 0. The van der Waals surface area contributed by atoms with Crippen LogP contribution in [-0.4, -0.2) is 5.71 Å². The first-order valence-corrected chi connectivity index (χ1v) is 2.43. The third-order valence-electron chi connectivity index (χ3n) is 1.18. The molecule has 1 aliphatic carbocycles. The molecule has 1 saturated carbocycles. The fourth-order valence-corrected chi connectivity index (χ4v) is 0.783. The maximum Gasteiger partial charge on any atom is -0.0511 e. The van der Waals surface area contributed by atoms with E-state index in [2.05, 4.69) is 0 Å². The minimum atomic E-state index is 0.704. The van der Waals surface area contributed by atoms with Gasteiger partial charge in [-0.2, -0.15) is 0 Å². The van der Waals surface area contributed by atoms with Gasteiger partial charge in [0.05, 0.1) is 0 Å². The Bertz CT molecular complexity index is 58.3. The lowest BCUT2D eigenvalue weighted by Gasteiger charge is -1.94. The minimum Gasteiger partial charge on any atom is -0.811 e. The molecule has 0 saturated heterocycles. The highest BCUT2D eigenvalue weighted by Gasteiger charge is 1.96. The van der Waals surface area contributed by atoms with Gasteiger partial charge in [-0.15, -0.1) is 0 Å². The Labute approximate surface area is 37.9 Å². The largest absolute Gasteiger partial charge is 0.811 e. The zero-order valence-corrected chi connectivity index (χ0v) is 3.78. The maximum absolute atomic E-state index is 8.65. The number of nitrogens with zero attached hydrogens (tertiary/aromatic N) is 1. The van der Waals surface area contributed by atoms with Gasteiger partial charge in [-0.3, -0.25) is 0 Å². The fraction of sp³-hybridized carbons (Fsp3) is 0.800. The van der Waals surface area contributed by atoms with Gasteiger partial charge >= 0.3 is 0 Å². The molecule has 0 atom stereocenters. The molecule has 1 nitrogen and oxygen atoms in total. The van der Waals surface area contributed by atoms with Gasteiger partial charge in [-0.05, 0) is 0 Å². The first-order chi connectivity index (χ1) is 2.89. The van der Waals surface area contributed by atoms with Crippen molar-refractivity contribution >= 4 is 5.71 Å². The van der Waals surface area contributed by atoms with Gasteiger partial charge in [0, 0.05) is 0 Å². The van der Waals surface area contributed by atoms with Crippen molar-refractivity contribution in [2.24, 2.45) is 0 Å². The standard InChI is InChI=1S/C5H8N/c6-5-3-1-2-4-5/h1-4H2/q-1. The zero-order valence-electron chi connectivity index (χ0n) is 3.78. The van der Waals surface area contributed by atoms with E-state index in [9.17, 15) is 0 Å². The average molecular weight is 82.1 g/mol. The number of rotatable bonds is 0. The third-order valence-corrected chi connectivity index (χ3v) is 1.18. The molecule has 0 bridgehead atoms. The second-order valence-corrected chi connectivity index (χ2v) is 1.77. The molecule has 0 unspecified atom stereocenters. The van der Waals surface area contributed by atoms with E-state index in [-0.39, 0.29) is 0 Å². The van der Waals surface area contributed by atoms with Gasteiger partial charge in [0.15, 0.2) is 0 Å². The molecule has 0 aromatic heterocycles. The topological polar surface area (TPSA) is 22.3 Å². The van der Waals surface area contributed by atoms with Crippen molar-refractivity contribution in [2.75, 3.05) is 0 Å². The van der Waals surface area contributed by atoms with Crippen LogP contribution in [0.2, 0.25) is 0 Å². The van der Waals surface area contributed by atoms with Crippen LogP contribution in [-0.2, 0) is 0 Å². The minimum absolute atomic E-state index is 0.704. The van der Waals surface area contributed by atoms with Crippen molar-refractivity contribution in [3.8, 4) is 0 Å². The maximum atomic E-state index is 8.65. The SMILES string of the molecule is [N-]=C1CCCC1. The predicted octanol–water partition coefficient (Wildman–Crippen LogP) is 1.57. The van der Waals surface area contributed by atoms with Gasteiger partial charge in [-0.1, -0.05) is 25.7 Å². The second kappa shape index (κ2) is 1.41. The van der Waals surface area contributed by atoms with Crippen LogP contribution in [0.5, 0.6) is 0 Å². The molecular weight excluding hydrogens is 74.1 g/mol. The van der Waals surface area contributed by atoms with Crippen LogP contribution < -0.4 is 0 Å². The van der Waals surface area contributed by atoms with Gasteiger partial charge < -0.3 is 5.41 Å². The van der Waals surface area contributed by atoms with E-state index in [1.54, 1.807) is 0 Å². The van der Waals surface area contributed by atoms with E-state index >= 15 is 0 Å². The molecule has 0 amide bonds. The summed E-state index contributed by atoms with van der Waals surface area (Å²) in [7, 11) is 0. The number of hydrogen-bond donors (Lipinski definition) is 0. The first-order valence-electron chi connectivity index (χ1n) is 2.43. The van der Waals surface area contributed by atoms with Crippen molar-refractivity contribution in [1.82, 2.24) is 0 Å². The van der Waals surface area contributed by atoms with E-state index in [1.807, 2.05) is 0 Å². The molecule has 1 aliphatic rings. The van der Waals surface area contributed by atoms with Crippen LogP contribution in [0.1, 0.15) is 25.7 Å². The molecule has 1 fully saturated rings. The summed E-state index contributed by atoms with van der Waals surface area (Å²) in [6, 6.07) is 0.